The van der Waals surface area contributed by atoms with E-state index in [1.54, 1.807) is 36.4 Å². The van der Waals surface area contributed by atoms with Crippen molar-refractivity contribution in [1.82, 2.24) is 4.90 Å². The third kappa shape index (κ3) is 4.07. The smallest absolute Gasteiger partial charge is 0.277 e. The number of rotatable bonds is 7. The van der Waals surface area contributed by atoms with Crippen molar-refractivity contribution in [2.45, 2.75) is 6.61 Å². The van der Waals surface area contributed by atoms with E-state index >= 15 is 0 Å². The molecule has 0 bridgehead atoms. The fourth-order valence-electron chi connectivity index (χ4n) is 2.52. The largest absolute Gasteiger partial charge is 0.489 e. The standard InChI is InChI=1S/C19H17FN2O4/c20-14-4-1-3-13(9-14)12-26-16-6-2-5-15(10-16)21-17-11-18(24)22(7-8-23)19(17)25/h1-6,9-11,21,23H,7-8,12H2. The Labute approximate surface area is 149 Å². The number of aliphatic hydroxyl groups excluding tert-OH is 1. The maximum absolute atomic E-state index is 13.2. The van der Waals surface area contributed by atoms with Gasteiger partial charge in [-0.3, -0.25) is 14.5 Å². The van der Waals surface area contributed by atoms with E-state index < -0.39 is 11.8 Å². The van der Waals surface area contributed by atoms with Crippen LogP contribution in [0.1, 0.15) is 5.56 Å². The molecule has 1 aliphatic rings. The third-order valence-corrected chi connectivity index (χ3v) is 3.74. The number of carbonyl (C=O) groups is 2. The molecule has 6 nitrogen and oxygen atoms in total. The molecular formula is C19H17FN2O4. The number of ether oxygens (including phenoxy) is 1. The predicted octanol–water partition coefficient (Wildman–Crippen LogP) is 2.06. The summed E-state index contributed by atoms with van der Waals surface area (Å²) < 4.78 is 18.8. The SMILES string of the molecule is O=C1C=C(Nc2cccc(OCc3cccc(F)c3)c2)C(=O)N1CCO. The Morgan fingerprint density at radius 1 is 1.12 bits per heavy atom. The predicted molar refractivity (Wildman–Crippen MR) is 92.7 cm³/mol. The molecule has 2 amide bonds. The van der Waals surface area contributed by atoms with Crippen LogP contribution >= 0.6 is 0 Å². The first-order valence-electron chi connectivity index (χ1n) is 7.99. The highest BCUT2D eigenvalue weighted by atomic mass is 19.1. The molecule has 0 atom stereocenters. The Morgan fingerprint density at radius 3 is 2.69 bits per heavy atom. The van der Waals surface area contributed by atoms with Gasteiger partial charge in [-0.15, -0.1) is 0 Å². The lowest BCUT2D eigenvalue weighted by atomic mass is 10.2. The van der Waals surface area contributed by atoms with Crippen LogP contribution in [0.25, 0.3) is 0 Å². The molecule has 1 heterocycles. The Kier molecular flexibility index (Phi) is 5.28. The molecule has 134 valence electrons. The maximum atomic E-state index is 13.2. The summed E-state index contributed by atoms with van der Waals surface area (Å²) in [6.07, 6.45) is 1.19. The van der Waals surface area contributed by atoms with Gasteiger partial charge in [-0.2, -0.15) is 0 Å². The molecular weight excluding hydrogens is 339 g/mol. The Bertz CT molecular complexity index is 866. The summed E-state index contributed by atoms with van der Waals surface area (Å²) in [5, 5.41) is 11.8. The van der Waals surface area contributed by atoms with Gasteiger partial charge in [-0.05, 0) is 29.8 Å². The summed E-state index contributed by atoms with van der Waals surface area (Å²) in [4.78, 5) is 24.9. The van der Waals surface area contributed by atoms with Crippen molar-refractivity contribution in [2.75, 3.05) is 18.5 Å². The van der Waals surface area contributed by atoms with Crippen molar-refractivity contribution in [2.24, 2.45) is 0 Å². The van der Waals surface area contributed by atoms with Crippen molar-refractivity contribution in [3.8, 4) is 5.75 Å². The van der Waals surface area contributed by atoms with Crippen LogP contribution in [0.2, 0.25) is 0 Å². The van der Waals surface area contributed by atoms with Gasteiger partial charge in [-0.25, -0.2) is 4.39 Å². The van der Waals surface area contributed by atoms with Crippen LogP contribution in [0.15, 0.2) is 60.3 Å². The first-order chi connectivity index (χ1) is 12.6. The van der Waals surface area contributed by atoms with Crippen LogP contribution in [0.4, 0.5) is 10.1 Å². The summed E-state index contributed by atoms with van der Waals surface area (Å²) in [7, 11) is 0. The van der Waals surface area contributed by atoms with E-state index in [0.29, 0.717) is 17.0 Å². The van der Waals surface area contributed by atoms with Crippen LogP contribution in [0.5, 0.6) is 5.75 Å². The van der Waals surface area contributed by atoms with Crippen LogP contribution < -0.4 is 10.1 Å². The number of amides is 2. The van der Waals surface area contributed by atoms with Crippen molar-refractivity contribution in [1.29, 1.82) is 0 Å². The number of imide groups is 1. The molecule has 0 radical (unpaired) electrons. The van der Waals surface area contributed by atoms with E-state index in [1.807, 2.05) is 0 Å². The zero-order valence-electron chi connectivity index (χ0n) is 13.8. The molecule has 0 saturated carbocycles. The first kappa shape index (κ1) is 17.6. The average molecular weight is 356 g/mol. The van der Waals surface area contributed by atoms with E-state index in [2.05, 4.69) is 5.32 Å². The number of hydrogen-bond donors (Lipinski definition) is 2. The van der Waals surface area contributed by atoms with Gasteiger partial charge in [0.2, 0.25) is 0 Å². The second-order valence-electron chi connectivity index (χ2n) is 5.65. The fourth-order valence-corrected chi connectivity index (χ4v) is 2.52. The molecule has 0 saturated heterocycles. The van der Waals surface area contributed by atoms with E-state index in [-0.39, 0.29) is 31.3 Å². The zero-order chi connectivity index (χ0) is 18.5. The van der Waals surface area contributed by atoms with Gasteiger partial charge in [0.25, 0.3) is 11.8 Å². The average Bonchev–Trinajstić information content (AvgIpc) is 2.88. The number of nitrogens with zero attached hydrogens (tertiary/aromatic N) is 1. The van der Waals surface area contributed by atoms with Crippen LogP contribution in [0, 0.1) is 5.82 Å². The van der Waals surface area contributed by atoms with Gasteiger partial charge in [0.05, 0.1) is 13.2 Å². The van der Waals surface area contributed by atoms with Crippen LogP contribution in [0.3, 0.4) is 0 Å². The number of benzene rings is 2. The normalized spacial score (nSPS) is 13.8. The van der Waals surface area contributed by atoms with Crippen molar-refractivity contribution in [3.63, 3.8) is 0 Å². The summed E-state index contributed by atoms with van der Waals surface area (Å²) in [5.41, 5.74) is 1.40. The minimum Gasteiger partial charge on any atom is -0.489 e. The lowest BCUT2D eigenvalue weighted by molar-refractivity contribution is -0.137. The Balaban J connectivity index is 1.65. The molecule has 0 spiro atoms. The van der Waals surface area contributed by atoms with E-state index in [9.17, 15) is 14.0 Å². The van der Waals surface area contributed by atoms with E-state index in [4.69, 9.17) is 9.84 Å². The number of hydrogen-bond acceptors (Lipinski definition) is 5. The number of nitrogens with one attached hydrogen (secondary N) is 1. The Morgan fingerprint density at radius 2 is 1.92 bits per heavy atom. The molecule has 0 fully saturated rings. The first-order valence-corrected chi connectivity index (χ1v) is 7.99. The second kappa shape index (κ2) is 7.79. The number of anilines is 1. The van der Waals surface area contributed by atoms with Gasteiger partial charge in [0, 0.05) is 17.8 Å². The molecule has 0 unspecified atom stereocenters. The van der Waals surface area contributed by atoms with Gasteiger partial charge in [0.15, 0.2) is 0 Å². The Hall–Kier alpha value is -3.19. The highest BCUT2D eigenvalue weighted by Crippen LogP contribution is 2.22. The third-order valence-electron chi connectivity index (χ3n) is 3.74. The number of aliphatic hydroxyl groups is 1. The summed E-state index contributed by atoms with van der Waals surface area (Å²) in [5.74, 6) is -0.755. The van der Waals surface area contributed by atoms with Crippen LogP contribution in [-0.4, -0.2) is 35.0 Å². The molecule has 2 aromatic rings. The number of carbonyl (C=O) groups excluding carboxylic acids is 2. The lowest BCUT2D eigenvalue weighted by Gasteiger charge is -2.14. The molecule has 0 aromatic heterocycles. The van der Waals surface area contributed by atoms with Gasteiger partial charge in [-0.1, -0.05) is 18.2 Å². The lowest BCUT2D eigenvalue weighted by Crippen LogP contribution is -2.34. The molecule has 1 aliphatic heterocycles. The van der Waals surface area contributed by atoms with Crippen LogP contribution in [-0.2, 0) is 16.2 Å². The minimum atomic E-state index is -0.491. The van der Waals surface area contributed by atoms with Gasteiger partial charge in [0.1, 0.15) is 23.9 Å². The minimum absolute atomic E-state index is 0.0455. The molecule has 2 aromatic carbocycles. The highest BCUT2D eigenvalue weighted by molar-refractivity contribution is 6.17. The van der Waals surface area contributed by atoms with Gasteiger partial charge < -0.3 is 15.2 Å². The molecule has 2 N–H and O–H groups in total. The summed E-state index contributed by atoms with van der Waals surface area (Å²) in [6, 6.07) is 13.0. The van der Waals surface area contributed by atoms with E-state index in [1.165, 1.54) is 18.2 Å². The zero-order valence-corrected chi connectivity index (χ0v) is 13.8. The maximum Gasteiger partial charge on any atom is 0.277 e. The summed E-state index contributed by atoms with van der Waals surface area (Å²) >= 11 is 0. The molecule has 7 heteroatoms. The van der Waals surface area contributed by atoms with E-state index in [0.717, 1.165) is 4.90 Å². The van der Waals surface area contributed by atoms with Crippen molar-refractivity contribution in [3.05, 3.63) is 71.7 Å². The van der Waals surface area contributed by atoms with Crippen molar-refractivity contribution >= 4 is 17.5 Å². The molecule has 3 rings (SSSR count). The highest BCUT2D eigenvalue weighted by Gasteiger charge is 2.30. The molecule has 26 heavy (non-hydrogen) atoms. The number of halogens is 1. The molecule has 0 aliphatic carbocycles. The second-order valence-corrected chi connectivity index (χ2v) is 5.65. The van der Waals surface area contributed by atoms with Gasteiger partial charge >= 0.3 is 0 Å². The monoisotopic (exact) mass is 356 g/mol. The quantitative estimate of drug-likeness (QED) is 0.743. The fraction of sp³-hybridized carbons (Fsp3) is 0.158. The van der Waals surface area contributed by atoms with Crippen molar-refractivity contribution < 1.29 is 23.8 Å². The number of β-amino-alcohol motifs (C(OH)–C–C–N with tert-alkyl or cyclic N) is 1. The summed E-state index contributed by atoms with van der Waals surface area (Å²) in [6.45, 7) is -0.135. The topological polar surface area (TPSA) is 78.9 Å².